The van der Waals surface area contributed by atoms with Crippen molar-refractivity contribution in [1.29, 1.82) is 0 Å². The number of carbonyl (C=O) groups excluding carboxylic acids is 6. The molecule has 13 nitrogen and oxygen atoms in total. The monoisotopic (exact) mass is 775 g/mol. The highest BCUT2D eigenvalue weighted by Crippen LogP contribution is 2.32. The summed E-state index contributed by atoms with van der Waals surface area (Å²) in [7, 11) is 0. The van der Waals surface area contributed by atoms with E-state index in [1.807, 2.05) is 0 Å². The number of benzene rings is 4. The van der Waals surface area contributed by atoms with Crippen LogP contribution < -0.4 is 0 Å². The SMILES string of the molecule is O=C(OCC1OC(OCCCCCCN2C(=O)C=CC2=O)C(OC(=O)c2ccccc2)C(OC(=O)c2ccccc2)C1OC(=O)c1ccccc1)c1ccccc1. The molecule has 2 aliphatic heterocycles. The van der Waals surface area contributed by atoms with Gasteiger partial charge in [-0.05, 0) is 61.4 Å². The molecule has 1 fully saturated rings. The summed E-state index contributed by atoms with van der Waals surface area (Å²) in [6.45, 7) is -0.102. The van der Waals surface area contributed by atoms with Crippen molar-refractivity contribution < 1.29 is 57.2 Å². The quantitative estimate of drug-likeness (QED) is 0.0554. The minimum atomic E-state index is -1.53. The third-order valence-electron chi connectivity index (χ3n) is 9.20. The Morgan fingerprint density at radius 3 is 1.42 bits per heavy atom. The Kier molecular flexibility index (Phi) is 14.1. The molecule has 0 saturated carbocycles. The first-order valence-corrected chi connectivity index (χ1v) is 18.6. The van der Waals surface area contributed by atoms with E-state index in [1.165, 1.54) is 41.3 Å². The van der Waals surface area contributed by atoms with Crippen LogP contribution in [0.25, 0.3) is 0 Å². The summed E-state index contributed by atoms with van der Waals surface area (Å²) in [5.74, 6) is -3.77. The maximum atomic E-state index is 13.8. The second-order valence-corrected chi connectivity index (χ2v) is 13.2. The van der Waals surface area contributed by atoms with Crippen molar-refractivity contribution in [1.82, 2.24) is 4.90 Å². The summed E-state index contributed by atoms with van der Waals surface area (Å²) in [5.41, 5.74) is 0.793. The van der Waals surface area contributed by atoms with Crippen molar-refractivity contribution >= 4 is 35.7 Å². The van der Waals surface area contributed by atoms with E-state index in [0.29, 0.717) is 25.7 Å². The van der Waals surface area contributed by atoms with Gasteiger partial charge >= 0.3 is 23.9 Å². The van der Waals surface area contributed by atoms with Crippen LogP contribution in [0.3, 0.4) is 0 Å². The van der Waals surface area contributed by atoms with Gasteiger partial charge in [-0.25, -0.2) is 19.2 Å². The van der Waals surface area contributed by atoms with Gasteiger partial charge in [-0.3, -0.25) is 14.5 Å². The molecule has 5 unspecified atom stereocenters. The molecule has 294 valence electrons. The lowest BCUT2D eigenvalue weighted by Crippen LogP contribution is -2.63. The third-order valence-corrected chi connectivity index (χ3v) is 9.20. The molecule has 4 aromatic carbocycles. The molecular formula is C44H41NO12. The van der Waals surface area contributed by atoms with Crippen molar-refractivity contribution in [2.24, 2.45) is 0 Å². The van der Waals surface area contributed by atoms with Gasteiger partial charge in [0.15, 0.2) is 24.6 Å². The molecular weight excluding hydrogens is 734 g/mol. The minimum Gasteiger partial charge on any atom is -0.459 e. The molecule has 0 radical (unpaired) electrons. The van der Waals surface area contributed by atoms with Gasteiger partial charge in [0, 0.05) is 25.3 Å². The highest BCUT2D eigenvalue weighted by atomic mass is 16.7. The van der Waals surface area contributed by atoms with Crippen molar-refractivity contribution in [3.63, 3.8) is 0 Å². The van der Waals surface area contributed by atoms with E-state index >= 15 is 0 Å². The maximum absolute atomic E-state index is 13.8. The van der Waals surface area contributed by atoms with Crippen molar-refractivity contribution in [2.75, 3.05) is 19.8 Å². The fourth-order valence-corrected chi connectivity index (χ4v) is 6.24. The number of ether oxygens (including phenoxy) is 6. The molecule has 4 aromatic rings. The maximum Gasteiger partial charge on any atom is 0.338 e. The topological polar surface area (TPSA) is 161 Å². The lowest BCUT2D eigenvalue weighted by Gasteiger charge is -2.44. The van der Waals surface area contributed by atoms with Crippen LogP contribution in [0.4, 0.5) is 0 Å². The first-order valence-electron chi connectivity index (χ1n) is 18.6. The van der Waals surface area contributed by atoms with E-state index in [0.717, 1.165) is 0 Å². The zero-order valence-electron chi connectivity index (χ0n) is 30.9. The molecule has 0 N–H and O–H groups in total. The predicted octanol–water partition coefficient (Wildman–Crippen LogP) is 5.75. The summed E-state index contributed by atoms with van der Waals surface area (Å²) in [6.07, 6.45) is -2.29. The highest BCUT2D eigenvalue weighted by molar-refractivity contribution is 6.12. The lowest BCUT2D eigenvalue weighted by atomic mass is 9.97. The Bertz CT molecular complexity index is 2010. The van der Waals surface area contributed by atoms with E-state index in [4.69, 9.17) is 28.4 Å². The number of amides is 2. The van der Waals surface area contributed by atoms with Gasteiger partial charge in [-0.15, -0.1) is 0 Å². The summed E-state index contributed by atoms with van der Waals surface area (Å²) >= 11 is 0. The second kappa shape index (κ2) is 19.9. The van der Waals surface area contributed by atoms with Crippen LogP contribution in [-0.2, 0) is 38.0 Å². The van der Waals surface area contributed by atoms with Crippen LogP contribution in [0.5, 0.6) is 0 Å². The molecule has 57 heavy (non-hydrogen) atoms. The Hall–Kier alpha value is -6.44. The van der Waals surface area contributed by atoms with E-state index in [2.05, 4.69) is 0 Å². The van der Waals surface area contributed by atoms with Crippen molar-refractivity contribution in [3.8, 4) is 0 Å². The number of hydrogen-bond donors (Lipinski definition) is 0. The van der Waals surface area contributed by atoms with Crippen molar-refractivity contribution in [3.05, 3.63) is 156 Å². The lowest BCUT2D eigenvalue weighted by molar-refractivity contribution is -0.298. The fraction of sp³-hybridized carbons (Fsp3) is 0.273. The van der Waals surface area contributed by atoms with E-state index in [1.54, 1.807) is 97.1 Å². The molecule has 0 aromatic heterocycles. The zero-order chi connectivity index (χ0) is 40.0. The van der Waals surface area contributed by atoms with Gasteiger partial charge in [-0.2, -0.15) is 0 Å². The second-order valence-electron chi connectivity index (χ2n) is 13.2. The average molecular weight is 776 g/mol. The number of rotatable bonds is 17. The molecule has 1 saturated heterocycles. The molecule has 2 amide bonds. The largest absolute Gasteiger partial charge is 0.459 e. The van der Waals surface area contributed by atoms with Gasteiger partial charge in [-0.1, -0.05) is 85.6 Å². The highest BCUT2D eigenvalue weighted by Gasteiger charge is 2.53. The normalized spacial score (nSPS) is 20.1. The molecule has 2 aliphatic rings. The van der Waals surface area contributed by atoms with Gasteiger partial charge in [0.1, 0.15) is 12.7 Å². The van der Waals surface area contributed by atoms with Gasteiger partial charge in [0.25, 0.3) is 11.8 Å². The zero-order valence-corrected chi connectivity index (χ0v) is 30.9. The van der Waals surface area contributed by atoms with Gasteiger partial charge < -0.3 is 28.4 Å². The number of esters is 4. The molecule has 0 aliphatic carbocycles. The molecule has 13 heteroatoms. The van der Waals surface area contributed by atoms with E-state index < -0.39 is 61.2 Å². The molecule has 2 heterocycles. The third kappa shape index (κ3) is 10.9. The van der Waals surface area contributed by atoms with Gasteiger partial charge in [0.05, 0.1) is 22.3 Å². The first kappa shape index (κ1) is 40.2. The minimum absolute atomic E-state index is 0.0809. The molecule has 6 rings (SSSR count). The van der Waals surface area contributed by atoms with Crippen LogP contribution in [-0.4, -0.2) is 91.1 Å². The molecule has 0 spiro atoms. The number of hydrogen-bond acceptors (Lipinski definition) is 12. The number of unbranched alkanes of at least 4 members (excludes halogenated alkanes) is 3. The average Bonchev–Trinajstić information content (AvgIpc) is 3.57. The van der Waals surface area contributed by atoms with Crippen LogP contribution in [0, 0.1) is 0 Å². The summed E-state index contributed by atoms with van der Waals surface area (Å²) in [4.78, 5) is 79.2. The number of carbonyl (C=O) groups is 6. The Labute approximate surface area is 329 Å². The first-order chi connectivity index (χ1) is 27.8. The number of nitrogens with zero attached hydrogens (tertiary/aromatic N) is 1. The van der Waals surface area contributed by atoms with Crippen LogP contribution >= 0.6 is 0 Å². The summed E-state index contributed by atoms with van der Waals surface area (Å²) < 4.78 is 36.4. The standard InChI is InChI=1S/C44H41NO12/c46-35-25-26-36(47)45(35)27-15-1-2-16-28-52-44-39(57-43(51)33-23-13-6-14-24-33)38(56-42(50)32-21-11-5-12-22-32)37(55-41(49)31-19-9-4-10-20-31)34(54-44)29-53-40(48)30-17-7-3-8-18-30/h3-14,17-26,34,37-39,44H,1-2,15-16,27-29H2. The van der Waals surface area contributed by atoms with Crippen molar-refractivity contribution in [2.45, 2.75) is 56.4 Å². The summed E-state index contributed by atoms with van der Waals surface area (Å²) in [6, 6.07) is 32.6. The van der Waals surface area contributed by atoms with E-state index in [-0.39, 0.29) is 47.2 Å². The van der Waals surface area contributed by atoms with Gasteiger partial charge in [0.2, 0.25) is 0 Å². The Morgan fingerprint density at radius 2 is 0.930 bits per heavy atom. The number of imide groups is 1. The summed E-state index contributed by atoms with van der Waals surface area (Å²) in [5, 5.41) is 0. The Balaban J connectivity index is 1.27. The van der Waals surface area contributed by atoms with Crippen LogP contribution in [0.15, 0.2) is 133 Å². The van der Waals surface area contributed by atoms with Crippen LogP contribution in [0.2, 0.25) is 0 Å². The Morgan fingerprint density at radius 1 is 0.509 bits per heavy atom. The smallest absolute Gasteiger partial charge is 0.338 e. The van der Waals surface area contributed by atoms with E-state index in [9.17, 15) is 28.8 Å². The predicted molar refractivity (Wildman–Crippen MR) is 203 cm³/mol. The fourth-order valence-electron chi connectivity index (χ4n) is 6.24. The molecule has 0 bridgehead atoms. The molecule has 5 atom stereocenters. The van der Waals surface area contributed by atoms with Crippen LogP contribution in [0.1, 0.15) is 67.1 Å².